The van der Waals surface area contributed by atoms with Gasteiger partial charge in [0.15, 0.2) is 5.82 Å². The third-order valence-corrected chi connectivity index (χ3v) is 6.59. The van der Waals surface area contributed by atoms with E-state index in [1.807, 2.05) is 43.3 Å². The van der Waals surface area contributed by atoms with Crippen LogP contribution in [-0.4, -0.2) is 71.1 Å². The van der Waals surface area contributed by atoms with Gasteiger partial charge in [-0.25, -0.2) is 4.39 Å². The van der Waals surface area contributed by atoms with Crippen LogP contribution in [0.5, 0.6) is 0 Å². The second-order valence-corrected chi connectivity index (χ2v) is 9.09. The highest BCUT2D eigenvalue weighted by Gasteiger charge is 2.26. The van der Waals surface area contributed by atoms with Gasteiger partial charge in [0.2, 0.25) is 5.91 Å². The van der Waals surface area contributed by atoms with Crippen LogP contribution in [-0.2, 0) is 4.79 Å². The molecule has 2 amide bonds. The average molecular weight is 510 g/mol. The Hall–Kier alpha value is -3.52. The molecule has 4 rings (SSSR count). The Labute approximate surface area is 215 Å². The van der Waals surface area contributed by atoms with Crippen LogP contribution in [0.15, 0.2) is 60.7 Å². The number of rotatable bonds is 8. The molecule has 1 aliphatic rings. The van der Waals surface area contributed by atoms with Crippen LogP contribution in [0.2, 0.25) is 5.02 Å². The van der Waals surface area contributed by atoms with Crippen LogP contribution in [0.1, 0.15) is 30.1 Å². The molecule has 0 saturated carbocycles. The van der Waals surface area contributed by atoms with Gasteiger partial charge in [-0.15, -0.1) is 10.2 Å². The Bertz CT molecular complexity index is 1200. The van der Waals surface area contributed by atoms with Crippen molar-refractivity contribution in [2.45, 2.75) is 19.8 Å². The molecule has 0 radical (unpaired) electrons. The van der Waals surface area contributed by atoms with E-state index in [0.717, 1.165) is 24.2 Å². The van der Waals surface area contributed by atoms with Crippen LogP contribution in [0.25, 0.3) is 11.3 Å². The third-order valence-electron chi connectivity index (χ3n) is 6.26. The van der Waals surface area contributed by atoms with Gasteiger partial charge in [0, 0.05) is 38.3 Å². The number of amides is 2. The minimum Gasteiger partial charge on any atom is -0.352 e. The number of hydrogen-bond donors (Lipinski definition) is 0. The van der Waals surface area contributed by atoms with Gasteiger partial charge in [-0.2, -0.15) is 0 Å². The molecule has 0 atom stereocenters. The minimum atomic E-state index is -0.577. The van der Waals surface area contributed by atoms with E-state index in [2.05, 4.69) is 15.1 Å². The molecule has 7 nitrogen and oxygen atoms in total. The lowest BCUT2D eigenvalue weighted by atomic mass is 10.1. The number of aromatic nitrogens is 2. The van der Waals surface area contributed by atoms with Gasteiger partial charge in [-0.05, 0) is 36.8 Å². The molecule has 1 aromatic heterocycles. The Kier molecular flexibility index (Phi) is 8.48. The minimum absolute atomic E-state index is 0.00923. The lowest BCUT2D eigenvalue weighted by Gasteiger charge is -2.36. The molecule has 1 saturated heterocycles. The monoisotopic (exact) mass is 509 g/mol. The first-order valence-electron chi connectivity index (χ1n) is 12.1. The largest absolute Gasteiger partial charge is 0.352 e. The summed E-state index contributed by atoms with van der Waals surface area (Å²) in [5.41, 5.74) is 1.51. The lowest BCUT2D eigenvalue weighted by Crippen LogP contribution is -2.52. The van der Waals surface area contributed by atoms with Crippen molar-refractivity contribution in [3.8, 4) is 11.3 Å². The van der Waals surface area contributed by atoms with Crippen LogP contribution in [0, 0.1) is 5.82 Å². The normalized spacial score (nSPS) is 13.5. The topological polar surface area (TPSA) is 69.6 Å². The van der Waals surface area contributed by atoms with Crippen LogP contribution in [0.4, 0.5) is 10.2 Å². The van der Waals surface area contributed by atoms with E-state index in [9.17, 15) is 14.0 Å². The van der Waals surface area contributed by atoms with Gasteiger partial charge in [0.25, 0.3) is 5.91 Å². The molecule has 188 valence electrons. The first-order chi connectivity index (χ1) is 17.5. The molecule has 0 bridgehead atoms. The Morgan fingerprint density at radius 2 is 1.69 bits per heavy atom. The van der Waals surface area contributed by atoms with Gasteiger partial charge < -0.3 is 14.7 Å². The van der Waals surface area contributed by atoms with E-state index in [1.165, 1.54) is 17.0 Å². The maximum atomic E-state index is 14.2. The Morgan fingerprint density at radius 1 is 0.972 bits per heavy atom. The predicted octanol–water partition coefficient (Wildman–Crippen LogP) is 4.53. The lowest BCUT2D eigenvalue weighted by molar-refractivity contribution is -0.132. The number of carbonyl (C=O) groups is 2. The molecule has 0 N–H and O–H groups in total. The molecule has 1 fully saturated rings. The molecule has 3 aromatic rings. The second kappa shape index (κ2) is 11.9. The molecular weight excluding hydrogens is 481 g/mol. The number of hydrogen-bond acceptors (Lipinski definition) is 5. The third kappa shape index (κ3) is 5.99. The molecule has 0 aliphatic carbocycles. The highest BCUT2D eigenvalue weighted by atomic mass is 35.5. The molecule has 0 spiro atoms. The van der Waals surface area contributed by atoms with Gasteiger partial charge in [-0.3, -0.25) is 9.59 Å². The summed E-state index contributed by atoms with van der Waals surface area (Å²) in [6, 6.07) is 17.2. The Morgan fingerprint density at radius 3 is 2.36 bits per heavy atom. The van der Waals surface area contributed by atoms with Crippen molar-refractivity contribution in [2.75, 3.05) is 44.2 Å². The summed E-state index contributed by atoms with van der Waals surface area (Å²) < 4.78 is 14.2. The zero-order valence-corrected chi connectivity index (χ0v) is 21.0. The maximum Gasteiger partial charge on any atom is 0.257 e. The zero-order chi connectivity index (χ0) is 25.5. The van der Waals surface area contributed by atoms with E-state index in [0.29, 0.717) is 43.4 Å². The SMILES string of the molecule is CCCCN(CC(=O)N1CCN(c2ccc(-c3ccccc3Cl)nn2)CC1)C(=O)c1ccccc1F. The number of benzene rings is 2. The summed E-state index contributed by atoms with van der Waals surface area (Å²) in [7, 11) is 0. The number of piperazine rings is 1. The molecular formula is C27H29ClFN5O2. The second-order valence-electron chi connectivity index (χ2n) is 8.68. The summed E-state index contributed by atoms with van der Waals surface area (Å²) in [6.45, 7) is 4.55. The molecule has 1 aliphatic heterocycles. The number of halogens is 2. The number of unbranched alkanes of at least 4 members (excludes halogenated alkanes) is 1. The molecule has 9 heteroatoms. The van der Waals surface area contributed by atoms with E-state index in [-0.39, 0.29) is 18.0 Å². The predicted molar refractivity (Wildman–Crippen MR) is 138 cm³/mol. The number of anilines is 1. The van der Waals surface area contributed by atoms with Crippen molar-refractivity contribution in [3.63, 3.8) is 0 Å². The number of nitrogens with zero attached hydrogens (tertiary/aromatic N) is 5. The van der Waals surface area contributed by atoms with E-state index >= 15 is 0 Å². The Balaban J connectivity index is 1.36. The fourth-order valence-corrected chi connectivity index (χ4v) is 4.39. The van der Waals surface area contributed by atoms with Crippen LogP contribution < -0.4 is 4.90 Å². The van der Waals surface area contributed by atoms with Crippen LogP contribution in [0.3, 0.4) is 0 Å². The van der Waals surface area contributed by atoms with Crippen molar-refractivity contribution in [2.24, 2.45) is 0 Å². The van der Waals surface area contributed by atoms with Crippen molar-refractivity contribution >= 4 is 29.2 Å². The van der Waals surface area contributed by atoms with Crippen molar-refractivity contribution in [3.05, 3.63) is 77.1 Å². The molecule has 36 heavy (non-hydrogen) atoms. The summed E-state index contributed by atoms with van der Waals surface area (Å²) in [4.78, 5) is 31.3. The first-order valence-corrected chi connectivity index (χ1v) is 12.5. The molecule has 2 aromatic carbocycles. The van der Waals surface area contributed by atoms with Crippen molar-refractivity contribution in [1.29, 1.82) is 0 Å². The van der Waals surface area contributed by atoms with Gasteiger partial charge >= 0.3 is 0 Å². The fourth-order valence-electron chi connectivity index (χ4n) is 4.16. The van der Waals surface area contributed by atoms with E-state index in [1.54, 1.807) is 17.0 Å². The van der Waals surface area contributed by atoms with Crippen molar-refractivity contribution in [1.82, 2.24) is 20.0 Å². The highest BCUT2D eigenvalue weighted by molar-refractivity contribution is 6.33. The zero-order valence-electron chi connectivity index (χ0n) is 20.2. The first kappa shape index (κ1) is 25.6. The summed E-state index contributed by atoms with van der Waals surface area (Å²) in [6.07, 6.45) is 1.61. The standard InChI is InChI=1S/C27H29ClFN5O2/c1-2-3-14-34(27(36)21-9-5-7-11-23(21)29)19-26(35)33-17-15-32(16-18-33)25-13-12-24(30-31-25)20-8-4-6-10-22(20)28/h4-13H,2-3,14-19H2,1H3. The number of carbonyl (C=O) groups excluding carboxylic acids is 2. The molecule has 2 heterocycles. The summed E-state index contributed by atoms with van der Waals surface area (Å²) in [5.74, 6) is -0.443. The van der Waals surface area contributed by atoms with E-state index < -0.39 is 11.7 Å². The van der Waals surface area contributed by atoms with Gasteiger partial charge in [0.1, 0.15) is 12.4 Å². The summed E-state index contributed by atoms with van der Waals surface area (Å²) in [5, 5.41) is 9.31. The smallest absolute Gasteiger partial charge is 0.257 e. The fraction of sp³-hybridized carbons (Fsp3) is 0.333. The average Bonchev–Trinajstić information content (AvgIpc) is 2.91. The van der Waals surface area contributed by atoms with Gasteiger partial charge in [-0.1, -0.05) is 55.3 Å². The van der Waals surface area contributed by atoms with Crippen LogP contribution >= 0.6 is 11.6 Å². The van der Waals surface area contributed by atoms with Gasteiger partial charge in [0.05, 0.1) is 16.3 Å². The summed E-state index contributed by atoms with van der Waals surface area (Å²) >= 11 is 6.26. The van der Waals surface area contributed by atoms with Crippen molar-refractivity contribution < 1.29 is 14.0 Å². The highest BCUT2D eigenvalue weighted by Crippen LogP contribution is 2.26. The van der Waals surface area contributed by atoms with E-state index in [4.69, 9.17) is 11.6 Å². The quantitative estimate of drug-likeness (QED) is 0.446. The maximum absolute atomic E-state index is 14.2. The molecule has 0 unspecified atom stereocenters.